The maximum atomic E-state index is 13.1. The monoisotopic (exact) mass is 528 g/mol. The molecule has 0 unspecified atom stereocenters. The van der Waals surface area contributed by atoms with Crippen molar-refractivity contribution >= 4 is 25.8 Å². The van der Waals surface area contributed by atoms with Crippen molar-refractivity contribution < 1.29 is 36.7 Å². The summed E-state index contributed by atoms with van der Waals surface area (Å²) in [4.78, 5) is 0. The van der Waals surface area contributed by atoms with Gasteiger partial charge in [0.25, 0.3) is 0 Å². The van der Waals surface area contributed by atoms with Gasteiger partial charge in [0.2, 0.25) is 0 Å². The fourth-order valence-corrected chi connectivity index (χ4v) is 6.75. The molecule has 10 heteroatoms. The van der Waals surface area contributed by atoms with E-state index in [9.17, 15) is 9.13 Å². The maximum Gasteiger partial charge on any atom is 0.361 e. The Morgan fingerprint density at radius 2 is 0.971 bits per heavy atom. The van der Waals surface area contributed by atoms with Crippen LogP contribution in [0.5, 0.6) is 11.5 Å². The summed E-state index contributed by atoms with van der Waals surface area (Å²) in [5.74, 6) is 1.14. The molecule has 0 saturated carbocycles. The Kier molecular flexibility index (Phi) is 12.0. The highest BCUT2D eigenvalue weighted by Gasteiger charge is 2.28. The fourth-order valence-electron chi connectivity index (χ4n) is 3.54. The summed E-state index contributed by atoms with van der Waals surface area (Å²) < 4.78 is 60.0. The molecule has 0 aliphatic heterocycles. The van der Waals surface area contributed by atoms with Crippen LogP contribution in [-0.4, -0.2) is 38.6 Å². The molecule has 0 aromatic heterocycles. The minimum Gasteiger partial charge on any atom is -0.491 e. The highest BCUT2D eigenvalue weighted by Crippen LogP contribution is 2.48. The zero-order chi connectivity index (χ0) is 25.9. The molecule has 8 nitrogen and oxygen atoms in total. The number of rotatable bonds is 16. The molecule has 0 radical (unpaired) electrons. The lowest BCUT2D eigenvalue weighted by atomic mass is 10.2. The molecule has 0 bridgehead atoms. The lowest BCUT2D eigenvalue weighted by Gasteiger charge is -2.22. The van der Waals surface area contributed by atoms with Crippen molar-refractivity contribution in [1.29, 1.82) is 0 Å². The van der Waals surface area contributed by atoms with Crippen LogP contribution in [0, 0.1) is 0 Å². The van der Waals surface area contributed by atoms with Crippen LogP contribution < -0.4 is 20.1 Å². The van der Waals surface area contributed by atoms with E-state index in [2.05, 4.69) is 0 Å². The van der Waals surface area contributed by atoms with Crippen molar-refractivity contribution in [3.63, 3.8) is 0 Å². The molecular weight excluding hydrogens is 490 g/mol. The van der Waals surface area contributed by atoms with Crippen LogP contribution in [0.15, 0.2) is 48.5 Å². The number of hydrogen-bond donors (Lipinski definition) is 0. The molecule has 0 amide bonds. The van der Waals surface area contributed by atoms with Crippen molar-refractivity contribution in [2.45, 2.75) is 60.2 Å². The quantitative estimate of drug-likeness (QED) is 0.242. The Labute approximate surface area is 209 Å². The largest absolute Gasteiger partial charge is 0.491 e. The average molecular weight is 529 g/mol. The van der Waals surface area contributed by atoms with Gasteiger partial charge in [-0.3, -0.25) is 9.13 Å². The van der Waals surface area contributed by atoms with Gasteiger partial charge in [0, 0.05) is 6.42 Å². The molecule has 2 aromatic rings. The van der Waals surface area contributed by atoms with Gasteiger partial charge >= 0.3 is 15.2 Å². The molecule has 2 rings (SSSR count). The minimum absolute atomic E-state index is 0.194. The van der Waals surface area contributed by atoms with E-state index in [1.807, 2.05) is 13.8 Å². The van der Waals surface area contributed by atoms with Crippen molar-refractivity contribution in [2.24, 2.45) is 0 Å². The highest BCUT2D eigenvalue weighted by molar-refractivity contribution is 7.62. The van der Waals surface area contributed by atoms with Crippen LogP contribution in [0.2, 0.25) is 0 Å². The van der Waals surface area contributed by atoms with Crippen LogP contribution in [-0.2, 0) is 27.2 Å². The van der Waals surface area contributed by atoms with E-state index < -0.39 is 15.2 Å². The molecule has 2 aromatic carbocycles. The van der Waals surface area contributed by atoms with Gasteiger partial charge in [-0.15, -0.1) is 0 Å². The Hall–Kier alpha value is -1.66. The molecule has 0 spiro atoms. The molecule has 0 saturated heterocycles. The van der Waals surface area contributed by atoms with E-state index in [1.54, 1.807) is 76.2 Å². The average Bonchev–Trinajstić information content (AvgIpc) is 2.80. The van der Waals surface area contributed by atoms with Gasteiger partial charge in [0.15, 0.2) is 0 Å². The third-order valence-electron chi connectivity index (χ3n) is 4.80. The van der Waals surface area contributed by atoms with E-state index in [1.165, 1.54) is 0 Å². The second-order valence-corrected chi connectivity index (χ2v) is 11.8. The summed E-state index contributed by atoms with van der Waals surface area (Å²) in [6.45, 7) is 12.1. The van der Waals surface area contributed by atoms with E-state index in [4.69, 9.17) is 27.6 Å². The minimum atomic E-state index is -3.39. The van der Waals surface area contributed by atoms with Crippen LogP contribution in [0.25, 0.3) is 0 Å². The van der Waals surface area contributed by atoms with Crippen molar-refractivity contribution in [2.75, 3.05) is 26.4 Å². The molecule has 2 atom stereocenters. The topological polar surface area (TPSA) is 89.5 Å². The molecule has 0 heterocycles. The molecule has 0 aliphatic carbocycles. The summed E-state index contributed by atoms with van der Waals surface area (Å²) in [5.41, 5.74) is 0. The Morgan fingerprint density at radius 1 is 0.629 bits per heavy atom. The first-order chi connectivity index (χ1) is 16.7. The van der Waals surface area contributed by atoms with Crippen molar-refractivity contribution in [3.8, 4) is 11.5 Å². The fraction of sp³-hybridized carbons (Fsp3) is 0.520. The summed E-state index contributed by atoms with van der Waals surface area (Å²) in [5, 5.41) is 0.917. The lowest BCUT2D eigenvalue weighted by Crippen LogP contribution is -2.23. The Balaban J connectivity index is 2.05. The first-order valence-electron chi connectivity index (χ1n) is 12.0. The smallest absolute Gasteiger partial charge is 0.361 e. The third-order valence-corrected chi connectivity index (χ3v) is 9.02. The van der Waals surface area contributed by atoms with Crippen LogP contribution in [0.4, 0.5) is 0 Å². The van der Waals surface area contributed by atoms with Crippen LogP contribution in [0.1, 0.15) is 48.0 Å². The van der Waals surface area contributed by atoms with Gasteiger partial charge in [-0.1, -0.05) is 12.1 Å². The predicted octanol–water partition coefficient (Wildman–Crippen LogP) is 6.09. The first-order valence-corrected chi connectivity index (χ1v) is 15.1. The molecule has 0 fully saturated rings. The zero-order valence-corrected chi connectivity index (χ0v) is 23.3. The molecule has 0 aliphatic rings. The predicted molar refractivity (Wildman–Crippen MR) is 139 cm³/mol. The normalized spacial score (nSPS) is 13.9. The SMILES string of the molecule is CCOP(=O)(OCC)c1cccc(O[C@H](C)C[C@@H](C)Oc2cccc(P(=O)(OCC)OCC)c2)c1. The van der Waals surface area contributed by atoms with E-state index in [0.717, 1.165) is 0 Å². The summed E-state index contributed by atoms with van der Waals surface area (Å²) in [6, 6.07) is 13.9. The van der Waals surface area contributed by atoms with Crippen LogP contribution in [0.3, 0.4) is 0 Å². The van der Waals surface area contributed by atoms with Gasteiger partial charge in [-0.2, -0.15) is 0 Å². The Bertz CT molecular complexity index is 913. The van der Waals surface area contributed by atoms with Gasteiger partial charge in [0.05, 0.1) is 49.2 Å². The molecule has 196 valence electrons. The van der Waals surface area contributed by atoms with Crippen molar-refractivity contribution in [3.05, 3.63) is 48.5 Å². The van der Waals surface area contributed by atoms with E-state index >= 15 is 0 Å². The number of ether oxygens (including phenoxy) is 2. The lowest BCUT2D eigenvalue weighted by molar-refractivity contribution is 0.131. The third kappa shape index (κ3) is 8.75. The Morgan fingerprint density at radius 3 is 1.29 bits per heavy atom. The molecular formula is C25H38O8P2. The van der Waals surface area contributed by atoms with Crippen LogP contribution >= 0.6 is 15.2 Å². The van der Waals surface area contributed by atoms with E-state index in [0.29, 0.717) is 28.5 Å². The summed E-state index contributed by atoms with van der Waals surface area (Å²) in [6.07, 6.45) is 0.192. The second kappa shape index (κ2) is 14.2. The van der Waals surface area contributed by atoms with Gasteiger partial charge < -0.3 is 27.6 Å². The standard InChI is InChI=1S/C25H38O8P2/c1-7-28-34(26,29-8-2)24-15-11-13-22(18-24)32-20(5)17-21(6)33-23-14-12-16-25(19-23)35(27,30-9-3)31-10-4/h11-16,18-21H,7-10,17H2,1-6H3/t20-,21-/m1/s1. The summed E-state index contributed by atoms with van der Waals surface area (Å²) >= 11 is 0. The second-order valence-electron chi connectivity index (χ2n) is 7.75. The summed E-state index contributed by atoms with van der Waals surface area (Å²) in [7, 11) is -6.78. The highest BCUT2D eigenvalue weighted by atomic mass is 31.2. The van der Waals surface area contributed by atoms with Gasteiger partial charge in [0.1, 0.15) is 11.5 Å². The maximum absolute atomic E-state index is 13.1. The first kappa shape index (κ1) is 29.6. The van der Waals surface area contributed by atoms with E-state index in [-0.39, 0.29) is 38.6 Å². The number of benzene rings is 2. The molecule has 0 N–H and O–H groups in total. The van der Waals surface area contributed by atoms with Crippen molar-refractivity contribution in [1.82, 2.24) is 0 Å². The van der Waals surface area contributed by atoms with Gasteiger partial charge in [-0.25, -0.2) is 0 Å². The van der Waals surface area contributed by atoms with Gasteiger partial charge in [-0.05, 0) is 77.9 Å². The molecule has 35 heavy (non-hydrogen) atoms. The zero-order valence-electron chi connectivity index (χ0n) is 21.5. The number of hydrogen-bond acceptors (Lipinski definition) is 8.